The summed E-state index contributed by atoms with van der Waals surface area (Å²) in [4.78, 5) is 27.8. The van der Waals surface area contributed by atoms with Gasteiger partial charge >= 0.3 is 5.69 Å². The number of fused-ring (bicyclic) bond motifs is 1. The Morgan fingerprint density at radius 1 is 1.29 bits per heavy atom. The molecule has 0 bridgehead atoms. The summed E-state index contributed by atoms with van der Waals surface area (Å²) < 4.78 is 27.8. The molecule has 6 nitrogen and oxygen atoms in total. The number of aromatic amines is 1. The van der Waals surface area contributed by atoms with Crippen LogP contribution in [0.25, 0.3) is 20.7 Å². The molecule has 0 fully saturated rings. The molecular weight excluding hydrogens is 304 g/mol. The number of thiophene rings is 1. The monoisotopic (exact) mass is 309 g/mol. The average Bonchev–Trinajstić information content (AvgIpc) is 2.86. The topological polar surface area (TPSA) is 88.9 Å². The molecular formula is C12H5F2N3O3S. The molecule has 106 valence electrons. The van der Waals surface area contributed by atoms with Gasteiger partial charge in [-0.25, -0.2) is 9.37 Å². The van der Waals surface area contributed by atoms with E-state index >= 15 is 0 Å². The molecule has 2 heterocycles. The molecule has 1 N–H and O–H groups in total. The van der Waals surface area contributed by atoms with Crippen LogP contribution in [0.15, 0.2) is 29.3 Å². The molecule has 0 radical (unpaired) electrons. The Hall–Kier alpha value is -2.68. The standard InChI is InChI=1S/C12H5F2N3O3S/c13-5-1-6(10(14)8(2-5)17(19)20)9-3-7-11(21-9)12(18)16-4-15-7/h1-4H,(H,15,16,18). The third-order valence-corrected chi connectivity index (χ3v) is 3.95. The van der Waals surface area contributed by atoms with Gasteiger partial charge in [-0.1, -0.05) is 0 Å². The van der Waals surface area contributed by atoms with Gasteiger partial charge in [0.1, 0.15) is 10.5 Å². The van der Waals surface area contributed by atoms with Gasteiger partial charge in [0.15, 0.2) is 0 Å². The maximum absolute atomic E-state index is 14.1. The number of aromatic nitrogens is 2. The van der Waals surface area contributed by atoms with Crippen molar-refractivity contribution in [1.82, 2.24) is 9.97 Å². The largest absolute Gasteiger partial charge is 0.312 e. The third-order valence-electron chi connectivity index (χ3n) is 2.80. The number of hydrogen-bond donors (Lipinski definition) is 1. The van der Waals surface area contributed by atoms with E-state index in [0.717, 1.165) is 17.4 Å². The van der Waals surface area contributed by atoms with Crippen molar-refractivity contribution in [3.05, 3.63) is 56.6 Å². The van der Waals surface area contributed by atoms with Crippen molar-refractivity contribution >= 4 is 27.2 Å². The quantitative estimate of drug-likeness (QED) is 0.582. The first-order valence-corrected chi connectivity index (χ1v) is 6.40. The minimum absolute atomic E-state index is 0.189. The van der Waals surface area contributed by atoms with E-state index in [-0.39, 0.29) is 15.1 Å². The highest BCUT2D eigenvalue weighted by molar-refractivity contribution is 7.22. The van der Waals surface area contributed by atoms with E-state index in [1.807, 2.05) is 0 Å². The summed E-state index contributed by atoms with van der Waals surface area (Å²) in [5.74, 6) is -2.08. The predicted octanol–water partition coefficient (Wildman–Crippen LogP) is 2.84. The van der Waals surface area contributed by atoms with Gasteiger partial charge in [0.05, 0.1) is 22.8 Å². The first-order valence-electron chi connectivity index (χ1n) is 5.58. The molecule has 21 heavy (non-hydrogen) atoms. The number of benzene rings is 1. The second kappa shape index (κ2) is 4.70. The van der Waals surface area contributed by atoms with Crippen LogP contribution in [0, 0.1) is 21.7 Å². The Morgan fingerprint density at radius 3 is 2.71 bits per heavy atom. The Kier molecular flexibility index (Phi) is 2.98. The SMILES string of the molecule is O=c1[nH]cnc2cc(-c3cc(F)cc([N+](=O)[O-])c3F)sc12. The first kappa shape index (κ1) is 13.3. The zero-order valence-corrected chi connectivity index (χ0v) is 10.9. The zero-order valence-electron chi connectivity index (χ0n) is 10.1. The summed E-state index contributed by atoms with van der Waals surface area (Å²) in [7, 11) is 0. The molecule has 2 aromatic heterocycles. The molecule has 0 amide bonds. The van der Waals surface area contributed by atoms with E-state index in [9.17, 15) is 23.7 Å². The van der Waals surface area contributed by atoms with Gasteiger partial charge in [-0.05, 0) is 12.1 Å². The Bertz CT molecular complexity index is 935. The van der Waals surface area contributed by atoms with E-state index in [1.54, 1.807) is 0 Å². The molecule has 0 saturated carbocycles. The summed E-state index contributed by atoms with van der Waals surface area (Å²) in [6, 6.07) is 2.75. The normalized spacial score (nSPS) is 11.0. The van der Waals surface area contributed by atoms with E-state index in [0.29, 0.717) is 11.6 Å². The lowest BCUT2D eigenvalue weighted by Gasteiger charge is -2.01. The Labute approximate surface area is 118 Å². The number of nitro benzene ring substituents is 1. The highest BCUT2D eigenvalue weighted by Gasteiger charge is 2.22. The van der Waals surface area contributed by atoms with Gasteiger partial charge in [0, 0.05) is 10.4 Å². The maximum Gasteiger partial charge on any atom is 0.308 e. The highest BCUT2D eigenvalue weighted by Crippen LogP contribution is 2.35. The van der Waals surface area contributed by atoms with Gasteiger partial charge in [-0.3, -0.25) is 14.9 Å². The van der Waals surface area contributed by atoms with Crippen molar-refractivity contribution in [2.45, 2.75) is 0 Å². The molecule has 0 unspecified atom stereocenters. The van der Waals surface area contributed by atoms with E-state index in [2.05, 4.69) is 9.97 Å². The first-order chi connectivity index (χ1) is 9.97. The van der Waals surface area contributed by atoms with E-state index in [1.165, 1.54) is 12.4 Å². The smallest absolute Gasteiger partial charge is 0.308 e. The summed E-state index contributed by atoms with van der Waals surface area (Å²) >= 11 is 0.885. The lowest BCUT2D eigenvalue weighted by atomic mass is 10.1. The van der Waals surface area contributed by atoms with Crippen molar-refractivity contribution in [3.63, 3.8) is 0 Å². The van der Waals surface area contributed by atoms with Crippen LogP contribution in [0.5, 0.6) is 0 Å². The summed E-state index contributed by atoms with van der Waals surface area (Å²) in [6.07, 6.45) is 1.19. The van der Waals surface area contributed by atoms with Gasteiger partial charge in [0.2, 0.25) is 5.82 Å². The predicted molar refractivity (Wildman–Crippen MR) is 72.2 cm³/mol. The van der Waals surface area contributed by atoms with Gasteiger partial charge in [0.25, 0.3) is 5.56 Å². The molecule has 0 atom stereocenters. The second-order valence-corrected chi connectivity index (χ2v) is 5.15. The molecule has 0 aliphatic rings. The number of halogens is 2. The fourth-order valence-electron chi connectivity index (χ4n) is 1.89. The molecule has 3 rings (SSSR count). The van der Waals surface area contributed by atoms with Crippen molar-refractivity contribution in [2.24, 2.45) is 0 Å². The highest BCUT2D eigenvalue weighted by atomic mass is 32.1. The maximum atomic E-state index is 14.1. The fraction of sp³-hybridized carbons (Fsp3) is 0. The molecule has 0 saturated heterocycles. The fourth-order valence-corrected chi connectivity index (χ4v) is 2.90. The van der Waals surface area contributed by atoms with Crippen LogP contribution >= 0.6 is 11.3 Å². The lowest BCUT2D eigenvalue weighted by molar-refractivity contribution is -0.387. The van der Waals surface area contributed by atoms with E-state index < -0.39 is 27.8 Å². The number of nitrogens with one attached hydrogen (secondary N) is 1. The van der Waals surface area contributed by atoms with Crippen LogP contribution in [0.3, 0.4) is 0 Å². The zero-order chi connectivity index (χ0) is 15.1. The summed E-state index contributed by atoms with van der Waals surface area (Å²) in [6.45, 7) is 0. The van der Waals surface area contributed by atoms with E-state index in [4.69, 9.17) is 0 Å². The number of nitro groups is 1. The minimum Gasteiger partial charge on any atom is -0.312 e. The summed E-state index contributed by atoms with van der Waals surface area (Å²) in [5, 5.41) is 10.7. The van der Waals surface area contributed by atoms with Crippen LogP contribution in [0.1, 0.15) is 0 Å². The molecule has 3 aromatic rings. The number of rotatable bonds is 2. The number of H-pyrrole nitrogens is 1. The molecule has 0 aliphatic heterocycles. The Balaban J connectivity index is 2.30. The van der Waals surface area contributed by atoms with Crippen molar-refractivity contribution < 1.29 is 13.7 Å². The number of nitrogens with zero attached hydrogens (tertiary/aromatic N) is 2. The molecule has 9 heteroatoms. The lowest BCUT2D eigenvalue weighted by Crippen LogP contribution is -2.02. The molecule has 0 aliphatic carbocycles. The number of hydrogen-bond acceptors (Lipinski definition) is 5. The molecule has 0 spiro atoms. The van der Waals surface area contributed by atoms with Crippen molar-refractivity contribution in [1.29, 1.82) is 0 Å². The van der Waals surface area contributed by atoms with Gasteiger partial charge < -0.3 is 4.98 Å². The van der Waals surface area contributed by atoms with Gasteiger partial charge in [-0.2, -0.15) is 4.39 Å². The van der Waals surface area contributed by atoms with Crippen LogP contribution in [0.2, 0.25) is 0 Å². The average molecular weight is 309 g/mol. The molecule has 1 aromatic carbocycles. The second-order valence-electron chi connectivity index (χ2n) is 4.10. The van der Waals surface area contributed by atoms with Crippen LogP contribution in [-0.4, -0.2) is 14.9 Å². The minimum atomic E-state index is -1.15. The summed E-state index contributed by atoms with van der Waals surface area (Å²) in [5.41, 5.74) is -1.33. The van der Waals surface area contributed by atoms with Crippen molar-refractivity contribution in [2.75, 3.05) is 0 Å². The van der Waals surface area contributed by atoms with Crippen LogP contribution in [-0.2, 0) is 0 Å². The van der Waals surface area contributed by atoms with Crippen LogP contribution in [0.4, 0.5) is 14.5 Å². The van der Waals surface area contributed by atoms with Crippen LogP contribution < -0.4 is 5.56 Å². The van der Waals surface area contributed by atoms with Gasteiger partial charge in [-0.15, -0.1) is 11.3 Å². The third kappa shape index (κ3) is 2.17. The Morgan fingerprint density at radius 2 is 2.05 bits per heavy atom. The van der Waals surface area contributed by atoms with Crippen molar-refractivity contribution in [3.8, 4) is 10.4 Å².